The van der Waals surface area contributed by atoms with Crippen LogP contribution in [0.5, 0.6) is 11.5 Å². The van der Waals surface area contributed by atoms with Gasteiger partial charge in [0.05, 0.1) is 6.10 Å². The third-order valence-corrected chi connectivity index (χ3v) is 2.28. The van der Waals surface area contributed by atoms with E-state index in [9.17, 15) is 0 Å². The van der Waals surface area contributed by atoms with Crippen LogP contribution in [0, 0.1) is 0 Å². The standard InChI is InChI=1S/C15H24O2/c1-6-7-12(2)16-13-8-10-14(11-9-13)17-15(3,4)5/h8-12H,6-7H2,1-5H3. The van der Waals surface area contributed by atoms with Crippen molar-refractivity contribution >= 4 is 0 Å². The van der Waals surface area contributed by atoms with E-state index in [0.717, 1.165) is 24.3 Å². The molecule has 0 aliphatic heterocycles. The molecule has 17 heavy (non-hydrogen) atoms. The highest BCUT2D eigenvalue weighted by molar-refractivity contribution is 5.31. The highest BCUT2D eigenvalue weighted by Crippen LogP contribution is 2.22. The molecule has 0 radical (unpaired) electrons. The molecule has 0 saturated heterocycles. The van der Waals surface area contributed by atoms with Gasteiger partial charge in [0.25, 0.3) is 0 Å². The lowest BCUT2D eigenvalue weighted by Crippen LogP contribution is -2.22. The molecule has 0 aliphatic rings. The molecule has 0 saturated carbocycles. The van der Waals surface area contributed by atoms with Crippen molar-refractivity contribution in [3.63, 3.8) is 0 Å². The van der Waals surface area contributed by atoms with Gasteiger partial charge in [0.2, 0.25) is 0 Å². The average Bonchev–Trinajstić information content (AvgIpc) is 2.19. The van der Waals surface area contributed by atoms with Crippen molar-refractivity contribution in [2.75, 3.05) is 0 Å². The van der Waals surface area contributed by atoms with Crippen LogP contribution in [-0.2, 0) is 0 Å². The molecule has 0 N–H and O–H groups in total. The summed E-state index contributed by atoms with van der Waals surface area (Å²) in [6.45, 7) is 10.4. The van der Waals surface area contributed by atoms with Gasteiger partial charge in [-0.3, -0.25) is 0 Å². The van der Waals surface area contributed by atoms with E-state index in [4.69, 9.17) is 9.47 Å². The van der Waals surface area contributed by atoms with Crippen molar-refractivity contribution in [3.05, 3.63) is 24.3 Å². The van der Waals surface area contributed by atoms with Crippen molar-refractivity contribution in [1.82, 2.24) is 0 Å². The van der Waals surface area contributed by atoms with Gasteiger partial charge in [0.1, 0.15) is 17.1 Å². The zero-order valence-electron chi connectivity index (χ0n) is 11.6. The molecule has 1 rings (SSSR count). The fourth-order valence-electron chi connectivity index (χ4n) is 1.64. The topological polar surface area (TPSA) is 18.5 Å². The van der Waals surface area contributed by atoms with Gasteiger partial charge in [-0.15, -0.1) is 0 Å². The molecule has 0 aromatic heterocycles. The molecule has 0 amide bonds. The minimum Gasteiger partial charge on any atom is -0.491 e. The van der Waals surface area contributed by atoms with E-state index < -0.39 is 0 Å². The van der Waals surface area contributed by atoms with Crippen LogP contribution in [0.1, 0.15) is 47.5 Å². The molecule has 96 valence electrons. The van der Waals surface area contributed by atoms with Crippen molar-refractivity contribution in [2.24, 2.45) is 0 Å². The lowest BCUT2D eigenvalue weighted by Gasteiger charge is -2.21. The Bertz CT molecular complexity index is 322. The lowest BCUT2D eigenvalue weighted by atomic mass is 10.2. The normalized spacial score (nSPS) is 13.2. The average molecular weight is 236 g/mol. The second-order valence-electron chi connectivity index (χ2n) is 5.40. The second-order valence-corrected chi connectivity index (χ2v) is 5.40. The molecule has 0 bridgehead atoms. The Balaban J connectivity index is 2.56. The van der Waals surface area contributed by atoms with E-state index in [1.165, 1.54) is 0 Å². The van der Waals surface area contributed by atoms with Gasteiger partial charge in [0, 0.05) is 0 Å². The van der Waals surface area contributed by atoms with Gasteiger partial charge >= 0.3 is 0 Å². The van der Waals surface area contributed by atoms with E-state index in [1.807, 2.05) is 45.0 Å². The smallest absolute Gasteiger partial charge is 0.120 e. The maximum absolute atomic E-state index is 5.78. The fraction of sp³-hybridized carbons (Fsp3) is 0.600. The zero-order valence-corrected chi connectivity index (χ0v) is 11.6. The van der Waals surface area contributed by atoms with Gasteiger partial charge < -0.3 is 9.47 Å². The predicted octanol–water partition coefficient (Wildman–Crippen LogP) is 4.43. The SMILES string of the molecule is CCCC(C)Oc1ccc(OC(C)(C)C)cc1. The first kappa shape index (κ1) is 13.9. The maximum Gasteiger partial charge on any atom is 0.120 e. The Morgan fingerprint density at radius 3 is 2.06 bits per heavy atom. The summed E-state index contributed by atoms with van der Waals surface area (Å²) in [5.41, 5.74) is -0.155. The van der Waals surface area contributed by atoms with Gasteiger partial charge in [-0.25, -0.2) is 0 Å². The third-order valence-electron chi connectivity index (χ3n) is 2.28. The molecule has 0 fully saturated rings. The molecule has 0 aliphatic carbocycles. The predicted molar refractivity (Wildman–Crippen MR) is 71.8 cm³/mol. The maximum atomic E-state index is 5.78. The van der Waals surface area contributed by atoms with Gasteiger partial charge in [-0.1, -0.05) is 13.3 Å². The molecular formula is C15H24O2. The first-order valence-corrected chi connectivity index (χ1v) is 6.36. The van der Waals surface area contributed by atoms with E-state index in [0.29, 0.717) is 0 Å². The van der Waals surface area contributed by atoms with E-state index >= 15 is 0 Å². The highest BCUT2D eigenvalue weighted by Gasteiger charge is 2.11. The van der Waals surface area contributed by atoms with E-state index in [-0.39, 0.29) is 11.7 Å². The van der Waals surface area contributed by atoms with Crippen LogP contribution < -0.4 is 9.47 Å². The minimum atomic E-state index is -0.155. The first-order chi connectivity index (χ1) is 7.90. The van der Waals surface area contributed by atoms with Crippen molar-refractivity contribution in [3.8, 4) is 11.5 Å². The summed E-state index contributed by atoms with van der Waals surface area (Å²) in [4.78, 5) is 0. The van der Waals surface area contributed by atoms with Gasteiger partial charge in [0.15, 0.2) is 0 Å². The van der Waals surface area contributed by atoms with Crippen LogP contribution in [-0.4, -0.2) is 11.7 Å². The second kappa shape index (κ2) is 5.95. The summed E-state index contributed by atoms with van der Waals surface area (Å²) >= 11 is 0. The summed E-state index contributed by atoms with van der Waals surface area (Å²) in [5.74, 6) is 1.79. The minimum absolute atomic E-state index is 0.155. The molecule has 0 heterocycles. The molecule has 1 unspecified atom stereocenters. The summed E-state index contributed by atoms with van der Waals surface area (Å²) in [5, 5.41) is 0. The van der Waals surface area contributed by atoms with Crippen molar-refractivity contribution in [1.29, 1.82) is 0 Å². The number of benzene rings is 1. The van der Waals surface area contributed by atoms with Crippen LogP contribution in [0.25, 0.3) is 0 Å². The summed E-state index contributed by atoms with van der Waals surface area (Å²) in [6, 6.07) is 7.85. The number of hydrogen-bond acceptors (Lipinski definition) is 2. The van der Waals surface area contributed by atoms with Crippen LogP contribution in [0.2, 0.25) is 0 Å². The largest absolute Gasteiger partial charge is 0.491 e. The van der Waals surface area contributed by atoms with Gasteiger partial charge in [-0.2, -0.15) is 0 Å². The van der Waals surface area contributed by atoms with Crippen LogP contribution in [0.15, 0.2) is 24.3 Å². The molecular weight excluding hydrogens is 212 g/mol. The molecule has 0 spiro atoms. The molecule has 1 atom stereocenters. The first-order valence-electron chi connectivity index (χ1n) is 6.36. The highest BCUT2D eigenvalue weighted by atomic mass is 16.5. The monoisotopic (exact) mass is 236 g/mol. The zero-order chi connectivity index (χ0) is 12.9. The Hall–Kier alpha value is -1.18. The van der Waals surface area contributed by atoms with Crippen LogP contribution >= 0.6 is 0 Å². The van der Waals surface area contributed by atoms with E-state index in [2.05, 4.69) is 13.8 Å². The number of hydrogen-bond donors (Lipinski definition) is 0. The Morgan fingerprint density at radius 1 is 1.06 bits per heavy atom. The quantitative estimate of drug-likeness (QED) is 0.753. The Morgan fingerprint density at radius 2 is 1.59 bits per heavy atom. The van der Waals surface area contributed by atoms with E-state index in [1.54, 1.807) is 0 Å². The van der Waals surface area contributed by atoms with Crippen LogP contribution in [0.3, 0.4) is 0 Å². The van der Waals surface area contributed by atoms with Gasteiger partial charge in [-0.05, 0) is 58.4 Å². The number of ether oxygens (including phenoxy) is 2. The summed E-state index contributed by atoms with van der Waals surface area (Å²) < 4.78 is 11.5. The van der Waals surface area contributed by atoms with Crippen molar-refractivity contribution < 1.29 is 9.47 Å². The molecule has 2 heteroatoms. The fourth-order valence-corrected chi connectivity index (χ4v) is 1.64. The Labute approximate surface area is 105 Å². The van der Waals surface area contributed by atoms with Crippen LogP contribution in [0.4, 0.5) is 0 Å². The third kappa shape index (κ3) is 5.62. The summed E-state index contributed by atoms with van der Waals surface area (Å²) in [7, 11) is 0. The van der Waals surface area contributed by atoms with Crippen molar-refractivity contribution in [2.45, 2.75) is 59.2 Å². The molecule has 1 aromatic carbocycles. The Kier molecular flexibility index (Phi) is 4.86. The molecule has 2 nitrogen and oxygen atoms in total. The summed E-state index contributed by atoms with van der Waals surface area (Å²) in [6.07, 6.45) is 2.50. The lowest BCUT2D eigenvalue weighted by molar-refractivity contribution is 0.130. The molecule has 1 aromatic rings. The number of rotatable bonds is 5.